The van der Waals surface area contributed by atoms with Crippen LogP contribution in [-0.2, 0) is 4.79 Å². The summed E-state index contributed by atoms with van der Waals surface area (Å²) in [4.78, 5) is 25.8. The van der Waals surface area contributed by atoms with E-state index in [9.17, 15) is 14.0 Å². The number of rotatable bonds is 3. The minimum absolute atomic E-state index is 0.0507. The van der Waals surface area contributed by atoms with Crippen molar-refractivity contribution in [2.75, 3.05) is 18.4 Å². The highest BCUT2D eigenvalue weighted by molar-refractivity contribution is 5.95. The average Bonchev–Trinajstić information content (AvgIpc) is 3.11. The van der Waals surface area contributed by atoms with Gasteiger partial charge in [0.1, 0.15) is 17.6 Å². The van der Waals surface area contributed by atoms with Crippen molar-refractivity contribution in [1.29, 1.82) is 0 Å². The fourth-order valence-corrected chi connectivity index (χ4v) is 2.77. The summed E-state index contributed by atoms with van der Waals surface area (Å²) < 4.78 is 19.3. The number of urea groups is 1. The van der Waals surface area contributed by atoms with Crippen molar-refractivity contribution >= 4 is 17.6 Å². The van der Waals surface area contributed by atoms with Gasteiger partial charge in [0.15, 0.2) is 0 Å². The van der Waals surface area contributed by atoms with Crippen molar-refractivity contribution in [2.45, 2.75) is 19.4 Å². The van der Waals surface area contributed by atoms with Crippen LogP contribution in [-0.4, -0.2) is 36.0 Å². The quantitative estimate of drug-likeness (QED) is 0.908. The maximum atomic E-state index is 14.1. The van der Waals surface area contributed by atoms with Crippen molar-refractivity contribution in [3.05, 3.63) is 42.4 Å². The molecule has 1 aliphatic rings. The van der Waals surface area contributed by atoms with Crippen LogP contribution in [0.15, 0.2) is 41.0 Å². The van der Waals surface area contributed by atoms with Gasteiger partial charge in [-0.1, -0.05) is 6.92 Å². The van der Waals surface area contributed by atoms with Gasteiger partial charge in [0.25, 0.3) is 0 Å². The van der Waals surface area contributed by atoms with Crippen molar-refractivity contribution in [3.8, 4) is 11.3 Å². The highest BCUT2D eigenvalue weighted by Gasteiger charge is 2.31. The fraction of sp³-hybridized carbons (Fsp3) is 0.294. The number of benzene rings is 1. The van der Waals surface area contributed by atoms with Gasteiger partial charge in [0.2, 0.25) is 5.91 Å². The van der Waals surface area contributed by atoms with Crippen LogP contribution in [0.1, 0.15) is 13.3 Å². The molecule has 3 amide bonds. The smallest absolute Gasteiger partial charge is 0.322 e. The van der Waals surface area contributed by atoms with Gasteiger partial charge in [-0.2, -0.15) is 0 Å². The van der Waals surface area contributed by atoms with Gasteiger partial charge in [-0.25, -0.2) is 9.18 Å². The second-order valence-corrected chi connectivity index (χ2v) is 5.51. The summed E-state index contributed by atoms with van der Waals surface area (Å²) in [5.74, 6) is -0.161. The molecule has 2 aromatic rings. The molecule has 1 saturated heterocycles. The highest BCUT2D eigenvalue weighted by atomic mass is 19.1. The highest BCUT2D eigenvalue weighted by Crippen LogP contribution is 2.26. The molecule has 0 spiro atoms. The first-order valence-corrected chi connectivity index (χ1v) is 7.79. The Morgan fingerprint density at radius 2 is 2.29 bits per heavy atom. The average molecular weight is 331 g/mol. The van der Waals surface area contributed by atoms with Gasteiger partial charge >= 0.3 is 6.03 Å². The van der Waals surface area contributed by atoms with Gasteiger partial charge in [-0.3, -0.25) is 4.79 Å². The molecule has 1 fully saturated rings. The first-order valence-electron chi connectivity index (χ1n) is 7.79. The number of hydrogen-bond acceptors (Lipinski definition) is 3. The molecule has 126 valence electrons. The molecule has 1 aromatic heterocycles. The molecule has 0 saturated carbocycles. The van der Waals surface area contributed by atoms with E-state index in [0.717, 1.165) is 0 Å². The normalized spacial score (nSPS) is 17.5. The van der Waals surface area contributed by atoms with E-state index in [1.807, 2.05) is 6.92 Å². The molecule has 1 atom stereocenters. The van der Waals surface area contributed by atoms with Gasteiger partial charge in [-0.05, 0) is 36.8 Å². The van der Waals surface area contributed by atoms with E-state index in [0.29, 0.717) is 30.8 Å². The Balaban J connectivity index is 1.81. The third-order valence-electron chi connectivity index (χ3n) is 3.99. The van der Waals surface area contributed by atoms with E-state index in [1.54, 1.807) is 18.2 Å². The second-order valence-electron chi connectivity index (χ2n) is 5.51. The van der Waals surface area contributed by atoms with E-state index >= 15 is 0 Å². The lowest BCUT2D eigenvalue weighted by molar-refractivity contribution is -0.127. The number of halogens is 1. The first-order chi connectivity index (χ1) is 11.6. The van der Waals surface area contributed by atoms with E-state index in [-0.39, 0.29) is 11.6 Å². The molecule has 24 heavy (non-hydrogen) atoms. The van der Waals surface area contributed by atoms with Gasteiger partial charge in [0, 0.05) is 18.7 Å². The van der Waals surface area contributed by atoms with Crippen LogP contribution in [0.25, 0.3) is 11.3 Å². The summed E-state index contributed by atoms with van der Waals surface area (Å²) in [5, 5.41) is 5.28. The molecule has 0 bridgehead atoms. The predicted octanol–water partition coefficient (Wildman–Crippen LogP) is 2.83. The summed E-state index contributed by atoms with van der Waals surface area (Å²) in [6.07, 6.45) is 2.02. The zero-order valence-electron chi connectivity index (χ0n) is 13.2. The van der Waals surface area contributed by atoms with E-state index in [4.69, 9.17) is 4.42 Å². The predicted molar refractivity (Wildman–Crippen MR) is 86.9 cm³/mol. The molecule has 2 heterocycles. The standard InChI is InChI=1S/C17H18FN3O3/c1-2-14-16(22)19-7-8-21(14)17(23)20-13-10-11(5-6-12(13)18)15-4-3-9-24-15/h3-6,9-10,14H,2,7-8H2,1H3,(H,19,22)(H,20,23). The first kappa shape index (κ1) is 16.0. The Kier molecular flexibility index (Phi) is 4.50. The van der Waals surface area contributed by atoms with Crippen LogP contribution < -0.4 is 10.6 Å². The summed E-state index contributed by atoms with van der Waals surface area (Å²) >= 11 is 0. The zero-order valence-corrected chi connectivity index (χ0v) is 13.2. The molecule has 0 radical (unpaired) electrons. The summed E-state index contributed by atoms with van der Waals surface area (Å²) in [6.45, 7) is 2.60. The SMILES string of the molecule is CCC1C(=O)NCCN1C(=O)Nc1cc(-c2ccco2)ccc1F. The molecule has 2 N–H and O–H groups in total. The summed E-state index contributed by atoms with van der Waals surface area (Å²) in [5.41, 5.74) is 0.704. The van der Waals surface area contributed by atoms with E-state index in [1.165, 1.54) is 23.3 Å². The molecular formula is C17H18FN3O3. The van der Waals surface area contributed by atoms with Crippen LogP contribution in [0.4, 0.5) is 14.9 Å². The summed E-state index contributed by atoms with van der Waals surface area (Å²) in [6, 6.07) is 6.80. The number of nitrogens with one attached hydrogen (secondary N) is 2. The number of furan rings is 1. The minimum atomic E-state index is -0.548. The number of carbonyl (C=O) groups excluding carboxylic acids is 2. The Morgan fingerprint density at radius 3 is 3.00 bits per heavy atom. The molecule has 6 nitrogen and oxygen atoms in total. The molecule has 0 aliphatic carbocycles. The van der Waals surface area contributed by atoms with Crippen molar-refractivity contribution in [2.24, 2.45) is 0 Å². The van der Waals surface area contributed by atoms with Crippen molar-refractivity contribution < 1.29 is 18.4 Å². The van der Waals surface area contributed by atoms with Crippen LogP contribution >= 0.6 is 0 Å². The second kappa shape index (κ2) is 6.74. The van der Waals surface area contributed by atoms with Gasteiger partial charge in [-0.15, -0.1) is 0 Å². The number of piperazine rings is 1. The Morgan fingerprint density at radius 1 is 1.46 bits per heavy atom. The minimum Gasteiger partial charge on any atom is -0.464 e. The Labute approximate surface area is 138 Å². The van der Waals surface area contributed by atoms with Crippen LogP contribution in [0.5, 0.6) is 0 Å². The van der Waals surface area contributed by atoms with Gasteiger partial charge < -0.3 is 20.0 Å². The number of anilines is 1. The fourth-order valence-electron chi connectivity index (χ4n) is 2.77. The Bertz CT molecular complexity index is 746. The van der Waals surface area contributed by atoms with Gasteiger partial charge in [0.05, 0.1) is 12.0 Å². The molecule has 1 unspecified atom stereocenters. The molecule has 1 aliphatic heterocycles. The maximum Gasteiger partial charge on any atom is 0.322 e. The Hall–Kier alpha value is -2.83. The number of amides is 3. The topological polar surface area (TPSA) is 74.6 Å². The lowest BCUT2D eigenvalue weighted by atomic mass is 10.1. The maximum absolute atomic E-state index is 14.1. The van der Waals surface area contributed by atoms with Crippen LogP contribution in [0.3, 0.4) is 0 Å². The van der Waals surface area contributed by atoms with Crippen molar-refractivity contribution in [1.82, 2.24) is 10.2 Å². The number of carbonyl (C=O) groups is 2. The number of hydrogen-bond donors (Lipinski definition) is 2. The van der Waals surface area contributed by atoms with E-state index < -0.39 is 17.9 Å². The van der Waals surface area contributed by atoms with Crippen LogP contribution in [0.2, 0.25) is 0 Å². The molecule has 7 heteroatoms. The van der Waals surface area contributed by atoms with E-state index in [2.05, 4.69) is 10.6 Å². The zero-order chi connectivity index (χ0) is 17.1. The molecule has 1 aromatic carbocycles. The molecule has 3 rings (SSSR count). The number of nitrogens with zero attached hydrogens (tertiary/aromatic N) is 1. The van der Waals surface area contributed by atoms with Crippen LogP contribution in [0, 0.1) is 5.82 Å². The monoisotopic (exact) mass is 331 g/mol. The third-order valence-corrected chi connectivity index (χ3v) is 3.99. The third kappa shape index (κ3) is 3.10. The largest absolute Gasteiger partial charge is 0.464 e. The summed E-state index contributed by atoms with van der Waals surface area (Å²) in [7, 11) is 0. The lowest BCUT2D eigenvalue weighted by Crippen LogP contribution is -2.57. The van der Waals surface area contributed by atoms with Crippen molar-refractivity contribution in [3.63, 3.8) is 0 Å². The lowest BCUT2D eigenvalue weighted by Gasteiger charge is -2.34. The molecular weight excluding hydrogens is 313 g/mol.